The molecule has 6 rings (SSSR count). The van der Waals surface area contributed by atoms with Gasteiger partial charge < -0.3 is 9.88 Å². The SMILES string of the molecule is O=C(Nc1nccs1)C(c1cc(F)ccc1F)N1Cc2ccc(-c3cnc4[nH]ccc4c3)cc2C1=O. The number of aromatic amines is 1. The molecule has 5 aromatic rings. The van der Waals surface area contributed by atoms with Gasteiger partial charge in [-0.1, -0.05) is 12.1 Å². The largest absolute Gasteiger partial charge is 0.346 e. The van der Waals surface area contributed by atoms with Crippen molar-refractivity contribution in [3.63, 3.8) is 0 Å². The summed E-state index contributed by atoms with van der Waals surface area (Å²) in [6.07, 6.45) is 5.02. The van der Waals surface area contributed by atoms with Crippen molar-refractivity contribution in [1.82, 2.24) is 19.9 Å². The Morgan fingerprint density at radius 1 is 1.08 bits per heavy atom. The van der Waals surface area contributed by atoms with Crippen LogP contribution >= 0.6 is 11.3 Å². The smallest absolute Gasteiger partial charge is 0.255 e. The highest BCUT2D eigenvalue weighted by molar-refractivity contribution is 7.13. The lowest BCUT2D eigenvalue weighted by Crippen LogP contribution is -2.38. The van der Waals surface area contributed by atoms with Crippen LogP contribution in [0.4, 0.5) is 13.9 Å². The Morgan fingerprint density at radius 2 is 1.97 bits per heavy atom. The molecule has 4 heterocycles. The summed E-state index contributed by atoms with van der Waals surface area (Å²) >= 11 is 1.18. The zero-order valence-electron chi connectivity index (χ0n) is 18.5. The number of carbonyl (C=O) groups is 2. The second kappa shape index (κ2) is 8.65. The number of hydrogen-bond donors (Lipinski definition) is 2. The number of amides is 2. The van der Waals surface area contributed by atoms with E-state index < -0.39 is 29.5 Å². The molecule has 1 unspecified atom stereocenters. The van der Waals surface area contributed by atoms with Crippen molar-refractivity contribution in [2.45, 2.75) is 12.6 Å². The number of thiazole rings is 1. The molecule has 0 radical (unpaired) electrons. The Balaban J connectivity index is 1.38. The predicted octanol–water partition coefficient (Wildman–Crippen LogP) is 5.30. The molecular weight excluding hydrogens is 484 g/mol. The summed E-state index contributed by atoms with van der Waals surface area (Å²) in [7, 11) is 0. The molecule has 3 aromatic heterocycles. The molecule has 2 amide bonds. The first-order valence-electron chi connectivity index (χ1n) is 11.0. The van der Waals surface area contributed by atoms with Crippen LogP contribution in [0.15, 0.2) is 72.5 Å². The summed E-state index contributed by atoms with van der Waals surface area (Å²) < 4.78 is 29.0. The summed E-state index contributed by atoms with van der Waals surface area (Å²) in [5.74, 6) is -2.63. The van der Waals surface area contributed by atoms with Crippen molar-refractivity contribution in [3.8, 4) is 11.1 Å². The monoisotopic (exact) mass is 501 g/mol. The minimum absolute atomic E-state index is 0.0649. The fourth-order valence-electron chi connectivity index (χ4n) is 4.44. The van der Waals surface area contributed by atoms with Crippen molar-refractivity contribution < 1.29 is 18.4 Å². The lowest BCUT2D eigenvalue weighted by atomic mass is 10.0. The molecule has 0 saturated carbocycles. The van der Waals surface area contributed by atoms with E-state index in [9.17, 15) is 18.4 Å². The average molecular weight is 502 g/mol. The number of halogens is 2. The number of hydrogen-bond acceptors (Lipinski definition) is 5. The van der Waals surface area contributed by atoms with Gasteiger partial charge in [0.1, 0.15) is 23.3 Å². The van der Waals surface area contributed by atoms with Crippen LogP contribution in [0.3, 0.4) is 0 Å². The van der Waals surface area contributed by atoms with Gasteiger partial charge in [-0.15, -0.1) is 11.3 Å². The van der Waals surface area contributed by atoms with Gasteiger partial charge in [-0.3, -0.25) is 14.9 Å². The molecule has 10 heteroatoms. The number of nitrogens with one attached hydrogen (secondary N) is 2. The van der Waals surface area contributed by atoms with E-state index in [1.165, 1.54) is 22.4 Å². The minimum Gasteiger partial charge on any atom is -0.346 e. The van der Waals surface area contributed by atoms with Gasteiger partial charge in [0.05, 0.1) is 0 Å². The number of aromatic nitrogens is 3. The first-order chi connectivity index (χ1) is 17.5. The highest BCUT2D eigenvalue weighted by Crippen LogP contribution is 2.36. The molecule has 1 aliphatic heterocycles. The third-order valence-electron chi connectivity index (χ3n) is 6.15. The van der Waals surface area contributed by atoms with Crippen LogP contribution in [-0.4, -0.2) is 31.7 Å². The van der Waals surface area contributed by atoms with Gasteiger partial charge in [0.25, 0.3) is 11.8 Å². The maximum Gasteiger partial charge on any atom is 0.255 e. The number of carbonyl (C=O) groups excluding carboxylic acids is 2. The van der Waals surface area contributed by atoms with E-state index in [0.29, 0.717) is 16.3 Å². The highest BCUT2D eigenvalue weighted by atomic mass is 32.1. The lowest BCUT2D eigenvalue weighted by Gasteiger charge is -2.27. The molecule has 7 nitrogen and oxygen atoms in total. The summed E-state index contributed by atoms with van der Waals surface area (Å²) in [4.78, 5) is 39.6. The minimum atomic E-state index is -1.40. The standard InChI is InChI=1S/C26H17F2N5O2S/c27-18-3-4-21(28)20(11-18)22(24(34)32-26-30-7-8-36-26)33-13-16-2-1-14(10-19(16)25(33)35)17-9-15-5-6-29-23(15)31-12-17/h1-12,22H,13H2,(H,29,31)(H,30,32,34). The number of fused-ring (bicyclic) bond motifs is 2. The van der Waals surface area contributed by atoms with Gasteiger partial charge in [0.15, 0.2) is 5.13 Å². The van der Waals surface area contributed by atoms with Crippen LogP contribution in [0.5, 0.6) is 0 Å². The molecule has 0 bridgehead atoms. The number of benzene rings is 2. The summed E-state index contributed by atoms with van der Waals surface area (Å²) in [6.45, 7) is 0.0649. The van der Waals surface area contributed by atoms with Crippen molar-refractivity contribution in [2.24, 2.45) is 0 Å². The van der Waals surface area contributed by atoms with E-state index in [2.05, 4.69) is 20.3 Å². The second-order valence-corrected chi connectivity index (χ2v) is 9.23. The van der Waals surface area contributed by atoms with Crippen LogP contribution in [0.25, 0.3) is 22.2 Å². The molecule has 2 N–H and O–H groups in total. The molecule has 1 atom stereocenters. The second-order valence-electron chi connectivity index (χ2n) is 8.34. The topological polar surface area (TPSA) is 91.0 Å². The van der Waals surface area contributed by atoms with Crippen molar-refractivity contribution in [1.29, 1.82) is 0 Å². The lowest BCUT2D eigenvalue weighted by molar-refractivity contribution is -0.120. The quantitative estimate of drug-likeness (QED) is 0.342. The zero-order chi connectivity index (χ0) is 24.8. The maximum absolute atomic E-state index is 14.8. The number of H-pyrrole nitrogens is 1. The van der Waals surface area contributed by atoms with E-state index >= 15 is 0 Å². The van der Waals surface area contributed by atoms with Gasteiger partial charge in [0, 0.05) is 52.6 Å². The molecular formula is C26H17F2N5O2S. The summed E-state index contributed by atoms with van der Waals surface area (Å²) in [5, 5.41) is 5.51. The highest BCUT2D eigenvalue weighted by Gasteiger charge is 2.39. The predicted molar refractivity (Wildman–Crippen MR) is 131 cm³/mol. The van der Waals surface area contributed by atoms with Gasteiger partial charge in [-0.05, 0) is 47.5 Å². The van der Waals surface area contributed by atoms with Crippen LogP contribution in [0.2, 0.25) is 0 Å². The van der Waals surface area contributed by atoms with E-state index in [1.807, 2.05) is 24.3 Å². The maximum atomic E-state index is 14.8. The van der Waals surface area contributed by atoms with Crippen molar-refractivity contribution in [2.75, 3.05) is 5.32 Å². The van der Waals surface area contributed by atoms with Crippen LogP contribution in [0, 0.1) is 11.6 Å². The van der Waals surface area contributed by atoms with Gasteiger partial charge in [-0.2, -0.15) is 0 Å². The first-order valence-corrected chi connectivity index (χ1v) is 11.9. The molecule has 2 aromatic carbocycles. The van der Waals surface area contributed by atoms with Crippen LogP contribution < -0.4 is 5.32 Å². The normalized spacial score (nSPS) is 13.7. The van der Waals surface area contributed by atoms with Crippen molar-refractivity contribution in [3.05, 3.63) is 101 Å². The molecule has 36 heavy (non-hydrogen) atoms. The van der Waals surface area contributed by atoms with E-state index in [1.54, 1.807) is 23.8 Å². The molecule has 1 aliphatic rings. The molecule has 0 aliphatic carbocycles. The molecule has 0 saturated heterocycles. The average Bonchev–Trinajstić information content (AvgIpc) is 3.62. The van der Waals surface area contributed by atoms with E-state index in [4.69, 9.17) is 0 Å². The Hall–Kier alpha value is -4.44. The van der Waals surface area contributed by atoms with Gasteiger partial charge >= 0.3 is 0 Å². The van der Waals surface area contributed by atoms with Crippen molar-refractivity contribution >= 4 is 39.3 Å². The van der Waals surface area contributed by atoms with E-state index in [0.717, 1.165) is 40.4 Å². The number of anilines is 1. The third kappa shape index (κ3) is 3.81. The fourth-order valence-corrected chi connectivity index (χ4v) is 4.97. The van der Waals surface area contributed by atoms with Crippen LogP contribution in [-0.2, 0) is 11.3 Å². The Labute approximate surface area is 207 Å². The van der Waals surface area contributed by atoms with Gasteiger partial charge in [0.2, 0.25) is 0 Å². The summed E-state index contributed by atoms with van der Waals surface area (Å²) in [5.41, 5.74) is 3.21. The fraction of sp³-hybridized carbons (Fsp3) is 0.0769. The summed E-state index contributed by atoms with van der Waals surface area (Å²) in [6, 6.07) is 10.8. The number of rotatable bonds is 5. The number of pyridine rings is 1. The van der Waals surface area contributed by atoms with E-state index in [-0.39, 0.29) is 12.1 Å². The molecule has 0 fully saturated rings. The zero-order valence-corrected chi connectivity index (χ0v) is 19.4. The molecule has 0 spiro atoms. The first kappa shape index (κ1) is 22.1. The Morgan fingerprint density at radius 3 is 2.81 bits per heavy atom. The third-order valence-corrected chi connectivity index (χ3v) is 6.84. The number of nitrogens with zero attached hydrogens (tertiary/aromatic N) is 3. The Bertz CT molecular complexity index is 1630. The van der Waals surface area contributed by atoms with Crippen LogP contribution in [0.1, 0.15) is 27.5 Å². The molecule has 178 valence electrons. The Kier molecular flexibility index (Phi) is 5.30. The van der Waals surface area contributed by atoms with Gasteiger partial charge in [-0.25, -0.2) is 18.7 Å².